The number of hydrogen-bond acceptors (Lipinski definition) is 3. The zero-order valence-corrected chi connectivity index (χ0v) is 8.94. The summed E-state index contributed by atoms with van der Waals surface area (Å²) in [4.78, 5) is 8.18. The molecule has 0 saturated carbocycles. The molecule has 0 aliphatic rings. The number of aliphatic hydroxyl groups is 1. The molecular formula is C10H10ClN3O. The molecule has 2 rings (SSSR count). The van der Waals surface area contributed by atoms with Crippen molar-refractivity contribution in [2.24, 2.45) is 7.05 Å². The van der Waals surface area contributed by atoms with Crippen molar-refractivity contribution >= 4 is 11.6 Å². The smallest absolute Gasteiger partial charge is 0.141 e. The predicted molar refractivity (Wildman–Crippen MR) is 57.4 cm³/mol. The molecule has 2 aromatic heterocycles. The summed E-state index contributed by atoms with van der Waals surface area (Å²) in [5.41, 5.74) is 1.42. The van der Waals surface area contributed by atoms with Crippen LogP contribution in [0.3, 0.4) is 0 Å². The number of pyridine rings is 1. The summed E-state index contributed by atoms with van der Waals surface area (Å²) in [6, 6.07) is 3.69. The van der Waals surface area contributed by atoms with Gasteiger partial charge >= 0.3 is 0 Å². The van der Waals surface area contributed by atoms with Gasteiger partial charge in [0.25, 0.3) is 0 Å². The average Bonchev–Trinajstić information content (AvgIpc) is 2.57. The van der Waals surface area contributed by atoms with Gasteiger partial charge in [-0.15, -0.1) is 0 Å². The van der Waals surface area contributed by atoms with E-state index in [1.165, 1.54) is 0 Å². The highest BCUT2D eigenvalue weighted by molar-refractivity contribution is 6.30. The van der Waals surface area contributed by atoms with Crippen LogP contribution in [0.1, 0.15) is 5.69 Å². The van der Waals surface area contributed by atoms with Gasteiger partial charge in [0, 0.05) is 25.0 Å². The fourth-order valence-electron chi connectivity index (χ4n) is 1.40. The molecule has 0 radical (unpaired) electrons. The van der Waals surface area contributed by atoms with Gasteiger partial charge in [-0.05, 0) is 12.1 Å². The maximum Gasteiger partial charge on any atom is 0.141 e. The third-order valence-electron chi connectivity index (χ3n) is 2.18. The summed E-state index contributed by atoms with van der Waals surface area (Å²) >= 11 is 5.99. The Morgan fingerprint density at radius 2 is 2.07 bits per heavy atom. The molecular weight excluding hydrogens is 214 g/mol. The molecule has 0 saturated heterocycles. The van der Waals surface area contributed by atoms with Gasteiger partial charge in [0.1, 0.15) is 16.7 Å². The number of halogens is 1. The van der Waals surface area contributed by atoms with Gasteiger partial charge in [-0.1, -0.05) is 11.6 Å². The largest absolute Gasteiger partial charge is 0.390 e. The first-order valence-electron chi connectivity index (χ1n) is 4.46. The van der Waals surface area contributed by atoms with E-state index in [0.717, 1.165) is 11.4 Å². The van der Waals surface area contributed by atoms with Crippen molar-refractivity contribution < 1.29 is 5.11 Å². The molecule has 15 heavy (non-hydrogen) atoms. The summed E-state index contributed by atoms with van der Waals surface area (Å²) in [6.45, 7) is -0.155. The summed E-state index contributed by atoms with van der Waals surface area (Å²) in [7, 11) is 1.81. The summed E-state index contributed by atoms with van der Waals surface area (Å²) < 4.78 is 1.74. The molecule has 0 amide bonds. The van der Waals surface area contributed by atoms with Gasteiger partial charge in [0.15, 0.2) is 0 Å². The van der Waals surface area contributed by atoms with E-state index in [1.807, 2.05) is 19.2 Å². The standard InChI is InChI=1S/C10H10ClN3O/c1-14-9(11)8(6-15)13-10(14)7-2-4-12-5-3-7/h2-5,15H,6H2,1H3. The monoisotopic (exact) mass is 223 g/mol. The normalized spacial score (nSPS) is 10.6. The number of nitrogens with zero attached hydrogens (tertiary/aromatic N) is 3. The highest BCUT2D eigenvalue weighted by atomic mass is 35.5. The second kappa shape index (κ2) is 4.00. The van der Waals surface area contributed by atoms with Crippen LogP contribution in [0.15, 0.2) is 24.5 Å². The lowest BCUT2D eigenvalue weighted by atomic mass is 10.2. The lowest BCUT2D eigenvalue weighted by Crippen LogP contribution is -1.92. The van der Waals surface area contributed by atoms with Crippen LogP contribution in [0.2, 0.25) is 5.15 Å². The molecule has 0 unspecified atom stereocenters. The summed E-state index contributed by atoms with van der Waals surface area (Å²) in [5.74, 6) is 0.728. The number of aliphatic hydroxyl groups excluding tert-OH is 1. The zero-order chi connectivity index (χ0) is 10.8. The Kier molecular flexibility index (Phi) is 2.70. The molecule has 0 spiro atoms. The van der Waals surface area contributed by atoms with Crippen LogP contribution in [-0.2, 0) is 13.7 Å². The van der Waals surface area contributed by atoms with Crippen LogP contribution >= 0.6 is 11.6 Å². The van der Waals surface area contributed by atoms with E-state index < -0.39 is 0 Å². The van der Waals surface area contributed by atoms with Gasteiger partial charge in [-0.25, -0.2) is 4.98 Å². The second-order valence-electron chi connectivity index (χ2n) is 3.13. The zero-order valence-electron chi connectivity index (χ0n) is 8.18. The maximum absolute atomic E-state index is 9.03. The Morgan fingerprint density at radius 3 is 2.60 bits per heavy atom. The molecule has 78 valence electrons. The molecule has 0 fully saturated rings. The lowest BCUT2D eigenvalue weighted by molar-refractivity contribution is 0.277. The SMILES string of the molecule is Cn1c(-c2ccncc2)nc(CO)c1Cl. The molecule has 5 heteroatoms. The van der Waals surface area contributed by atoms with E-state index in [9.17, 15) is 0 Å². The highest BCUT2D eigenvalue weighted by Crippen LogP contribution is 2.24. The van der Waals surface area contributed by atoms with E-state index in [2.05, 4.69) is 9.97 Å². The van der Waals surface area contributed by atoms with E-state index in [0.29, 0.717) is 10.8 Å². The number of hydrogen-bond donors (Lipinski definition) is 1. The van der Waals surface area contributed by atoms with Crippen LogP contribution in [0.25, 0.3) is 11.4 Å². The highest BCUT2D eigenvalue weighted by Gasteiger charge is 2.12. The minimum atomic E-state index is -0.155. The molecule has 0 bridgehead atoms. The van der Waals surface area contributed by atoms with Crippen molar-refractivity contribution in [2.45, 2.75) is 6.61 Å². The van der Waals surface area contributed by atoms with Gasteiger partial charge < -0.3 is 9.67 Å². The Hall–Kier alpha value is -1.39. The maximum atomic E-state index is 9.03. The molecule has 0 aromatic carbocycles. The molecule has 0 atom stereocenters. The third kappa shape index (κ3) is 1.73. The summed E-state index contributed by atoms with van der Waals surface area (Å²) in [6.07, 6.45) is 3.38. The second-order valence-corrected chi connectivity index (χ2v) is 3.48. The Bertz CT molecular complexity index is 467. The van der Waals surface area contributed by atoms with Crippen molar-refractivity contribution in [1.29, 1.82) is 0 Å². The van der Waals surface area contributed by atoms with Crippen LogP contribution < -0.4 is 0 Å². The minimum Gasteiger partial charge on any atom is -0.390 e. The van der Waals surface area contributed by atoms with Crippen molar-refractivity contribution in [3.8, 4) is 11.4 Å². The van der Waals surface area contributed by atoms with E-state index in [1.54, 1.807) is 17.0 Å². The molecule has 1 N–H and O–H groups in total. The van der Waals surface area contributed by atoms with Crippen LogP contribution in [0.4, 0.5) is 0 Å². The minimum absolute atomic E-state index is 0.155. The number of rotatable bonds is 2. The van der Waals surface area contributed by atoms with Gasteiger partial charge in [0.2, 0.25) is 0 Å². The van der Waals surface area contributed by atoms with Crippen molar-refractivity contribution in [3.63, 3.8) is 0 Å². The molecule has 2 aromatic rings. The predicted octanol–water partition coefficient (Wildman–Crippen LogP) is 1.63. The van der Waals surface area contributed by atoms with Crippen LogP contribution in [-0.4, -0.2) is 19.6 Å². The Labute approximate surface area is 92.2 Å². The van der Waals surface area contributed by atoms with Crippen LogP contribution in [0, 0.1) is 0 Å². The summed E-state index contributed by atoms with van der Waals surface area (Å²) in [5, 5.41) is 9.49. The first-order valence-corrected chi connectivity index (χ1v) is 4.84. The van der Waals surface area contributed by atoms with Crippen LogP contribution in [0.5, 0.6) is 0 Å². The first kappa shape index (κ1) is 10.1. The molecule has 2 heterocycles. The quantitative estimate of drug-likeness (QED) is 0.842. The van der Waals surface area contributed by atoms with E-state index >= 15 is 0 Å². The van der Waals surface area contributed by atoms with Gasteiger partial charge in [-0.2, -0.15) is 0 Å². The van der Waals surface area contributed by atoms with E-state index in [4.69, 9.17) is 16.7 Å². The van der Waals surface area contributed by atoms with Gasteiger partial charge in [-0.3, -0.25) is 4.98 Å². The number of imidazole rings is 1. The molecule has 4 nitrogen and oxygen atoms in total. The molecule has 0 aliphatic heterocycles. The Morgan fingerprint density at radius 1 is 1.40 bits per heavy atom. The Balaban J connectivity index is 2.55. The number of aromatic nitrogens is 3. The third-order valence-corrected chi connectivity index (χ3v) is 2.65. The lowest BCUT2D eigenvalue weighted by Gasteiger charge is -2.00. The van der Waals surface area contributed by atoms with Crippen molar-refractivity contribution in [2.75, 3.05) is 0 Å². The average molecular weight is 224 g/mol. The first-order chi connectivity index (χ1) is 7.24. The molecule has 0 aliphatic carbocycles. The van der Waals surface area contributed by atoms with E-state index in [-0.39, 0.29) is 6.61 Å². The fraction of sp³-hybridized carbons (Fsp3) is 0.200. The van der Waals surface area contributed by atoms with Crippen molar-refractivity contribution in [1.82, 2.24) is 14.5 Å². The van der Waals surface area contributed by atoms with Crippen molar-refractivity contribution in [3.05, 3.63) is 35.4 Å². The fourth-order valence-corrected chi connectivity index (χ4v) is 1.58. The van der Waals surface area contributed by atoms with Gasteiger partial charge in [0.05, 0.1) is 6.61 Å². The topological polar surface area (TPSA) is 50.9 Å².